The van der Waals surface area contributed by atoms with Gasteiger partial charge in [0.2, 0.25) is 0 Å². The normalized spacial score (nSPS) is 15.2. The molecular formula is C34H35F2N3O4. The van der Waals surface area contributed by atoms with Crippen molar-refractivity contribution in [1.29, 1.82) is 0 Å². The number of carbonyl (C=O) groups is 1. The summed E-state index contributed by atoms with van der Waals surface area (Å²) in [5.41, 5.74) is 3.32. The molecule has 1 saturated heterocycles. The molecule has 0 atom stereocenters. The number of aromatic hydroxyl groups is 1. The highest BCUT2D eigenvalue weighted by Crippen LogP contribution is 2.47. The second-order valence-corrected chi connectivity index (χ2v) is 11.7. The number of hydrogen-bond acceptors (Lipinski definition) is 6. The van der Waals surface area contributed by atoms with Crippen LogP contribution in [0.25, 0.3) is 16.8 Å². The zero-order valence-electron chi connectivity index (χ0n) is 25.0. The first-order valence-electron chi connectivity index (χ1n) is 14.3. The van der Waals surface area contributed by atoms with Crippen LogP contribution in [0.15, 0.2) is 60.3 Å². The summed E-state index contributed by atoms with van der Waals surface area (Å²) in [4.78, 5) is 30.6. The topological polar surface area (TPSA) is 73.3 Å². The second-order valence-electron chi connectivity index (χ2n) is 11.7. The molecule has 3 aromatic carbocycles. The molecule has 0 radical (unpaired) electrons. The van der Waals surface area contributed by atoms with Gasteiger partial charge >= 0.3 is 6.09 Å². The predicted octanol–water partition coefficient (Wildman–Crippen LogP) is 6.97. The van der Waals surface area contributed by atoms with Crippen molar-refractivity contribution in [3.63, 3.8) is 0 Å². The zero-order chi connectivity index (χ0) is 31.1. The Balaban J connectivity index is 1.65. The molecule has 1 fully saturated rings. The Morgan fingerprint density at radius 3 is 2.33 bits per heavy atom. The lowest BCUT2D eigenvalue weighted by Crippen LogP contribution is -2.49. The van der Waals surface area contributed by atoms with Crippen molar-refractivity contribution < 1.29 is 28.2 Å². The summed E-state index contributed by atoms with van der Waals surface area (Å²) >= 11 is 0. The Labute approximate surface area is 250 Å². The number of phenolic OH excluding ortho intramolecular Hbond substituents is 1. The zero-order valence-corrected chi connectivity index (χ0v) is 25.0. The van der Waals surface area contributed by atoms with Crippen LogP contribution in [-0.4, -0.2) is 58.7 Å². The van der Waals surface area contributed by atoms with Gasteiger partial charge in [-0.3, -0.25) is 4.90 Å². The van der Waals surface area contributed by atoms with E-state index in [4.69, 9.17) is 4.74 Å². The fourth-order valence-electron chi connectivity index (χ4n) is 5.68. The van der Waals surface area contributed by atoms with Gasteiger partial charge in [0.05, 0.1) is 16.9 Å². The van der Waals surface area contributed by atoms with Crippen molar-refractivity contribution in [1.82, 2.24) is 9.80 Å². The molecule has 43 heavy (non-hydrogen) atoms. The third-order valence-corrected chi connectivity index (χ3v) is 7.68. The number of ether oxygens (including phenoxy) is 1. The van der Waals surface area contributed by atoms with E-state index < -0.39 is 29.1 Å². The molecule has 0 unspecified atom stereocenters. The summed E-state index contributed by atoms with van der Waals surface area (Å²) in [6, 6.07) is 12.4. The number of phenols is 1. The Hall–Kier alpha value is -4.62. The lowest BCUT2D eigenvalue weighted by Gasteiger charge is -2.41. The van der Waals surface area contributed by atoms with Crippen LogP contribution < -0.4 is 4.90 Å². The van der Waals surface area contributed by atoms with Gasteiger partial charge in [0.1, 0.15) is 28.7 Å². The van der Waals surface area contributed by atoms with Crippen molar-refractivity contribution in [3.8, 4) is 16.9 Å². The average molecular weight is 588 g/mol. The van der Waals surface area contributed by atoms with E-state index in [0.29, 0.717) is 49.5 Å². The van der Waals surface area contributed by atoms with Gasteiger partial charge in [-0.25, -0.2) is 18.4 Å². The highest BCUT2D eigenvalue weighted by molar-refractivity contribution is 5.95. The lowest BCUT2D eigenvalue weighted by atomic mass is 9.93. The van der Waals surface area contributed by atoms with Crippen LogP contribution in [0.5, 0.6) is 5.75 Å². The molecule has 0 aromatic heterocycles. The number of anilines is 2. The molecular weight excluding hydrogens is 552 g/mol. The van der Waals surface area contributed by atoms with E-state index in [1.807, 2.05) is 57.7 Å². The van der Waals surface area contributed by atoms with Crippen LogP contribution in [0, 0.1) is 18.6 Å². The van der Waals surface area contributed by atoms with Crippen LogP contribution in [0.4, 0.5) is 25.0 Å². The monoisotopic (exact) mass is 587 g/mol. The van der Waals surface area contributed by atoms with Crippen molar-refractivity contribution in [2.75, 3.05) is 31.1 Å². The number of hydrogen-bond donors (Lipinski definition) is 1. The van der Waals surface area contributed by atoms with E-state index in [0.717, 1.165) is 22.9 Å². The SMILES string of the molecule is CCc1cccc(C)c1N1C(=C=O)C=C(N2CCN(C(=O)OC(C)(C)C)CC2)c2cc(F)c(-c3c(O)cccc3F)cc21. The average Bonchev–Trinajstić information content (AvgIpc) is 2.96. The number of fused-ring (bicyclic) bond motifs is 1. The van der Waals surface area contributed by atoms with Crippen LogP contribution in [0.2, 0.25) is 0 Å². The van der Waals surface area contributed by atoms with Crippen LogP contribution in [0.1, 0.15) is 44.4 Å². The summed E-state index contributed by atoms with van der Waals surface area (Å²) in [6.45, 7) is 10.9. The number of nitrogens with zero attached hydrogens (tertiary/aromatic N) is 3. The molecule has 2 heterocycles. The van der Waals surface area contributed by atoms with Gasteiger partial charge in [0, 0.05) is 43.0 Å². The molecule has 2 aliphatic heterocycles. The van der Waals surface area contributed by atoms with E-state index in [2.05, 4.69) is 5.94 Å². The van der Waals surface area contributed by atoms with E-state index >= 15 is 4.39 Å². The van der Waals surface area contributed by atoms with Gasteiger partial charge in [0.15, 0.2) is 5.94 Å². The molecule has 0 aliphatic carbocycles. The highest BCUT2D eigenvalue weighted by Gasteiger charge is 2.34. The molecule has 3 aromatic rings. The summed E-state index contributed by atoms with van der Waals surface area (Å²) in [7, 11) is 0. The Morgan fingerprint density at radius 2 is 1.70 bits per heavy atom. The van der Waals surface area contributed by atoms with Crippen molar-refractivity contribution in [2.45, 2.75) is 46.6 Å². The summed E-state index contributed by atoms with van der Waals surface area (Å²) < 4.78 is 36.4. The second kappa shape index (κ2) is 11.6. The maximum absolute atomic E-state index is 15.9. The summed E-state index contributed by atoms with van der Waals surface area (Å²) in [5, 5.41) is 10.5. The maximum atomic E-state index is 15.9. The van der Waals surface area contributed by atoms with Gasteiger partial charge in [-0.05, 0) is 75.6 Å². The van der Waals surface area contributed by atoms with Gasteiger partial charge in [-0.15, -0.1) is 0 Å². The van der Waals surface area contributed by atoms with Crippen molar-refractivity contribution in [2.24, 2.45) is 0 Å². The number of para-hydroxylation sites is 1. The van der Waals surface area contributed by atoms with Crippen molar-refractivity contribution >= 4 is 29.1 Å². The van der Waals surface area contributed by atoms with Crippen molar-refractivity contribution in [3.05, 3.63) is 88.6 Å². The summed E-state index contributed by atoms with van der Waals surface area (Å²) in [5.74, 6) is 0.184. The molecule has 224 valence electrons. The minimum atomic E-state index is -0.772. The van der Waals surface area contributed by atoms with Gasteiger partial charge in [0.25, 0.3) is 0 Å². The first-order valence-corrected chi connectivity index (χ1v) is 14.3. The van der Waals surface area contributed by atoms with Gasteiger partial charge in [-0.2, -0.15) is 0 Å². The third-order valence-electron chi connectivity index (χ3n) is 7.68. The molecule has 1 N–H and O–H groups in total. The Morgan fingerprint density at radius 1 is 1.00 bits per heavy atom. The number of piperazine rings is 1. The highest BCUT2D eigenvalue weighted by atomic mass is 19.1. The maximum Gasteiger partial charge on any atom is 0.410 e. The van der Waals surface area contributed by atoms with E-state index in [1.54, 1.807) is 15.9 Å². The fraction of sp³-hybridized carbons (Fsp3) is 0.324. The molecule has 0 bridgehead atoms. The number of amides is 1. The standard InChI is InChI=1S/C34H35F2N3O4/c1-6-22-10-7-9-21(2)32(22)39-23(20-40)17-28(37-13-15-38(16-14-37)33(42)43-34(3,4)5)25-18-27(36)24(19-29(25)39)31-26(35)11-8-12-30(31)41/h7-12,17-19,41H,6,13-16H2,1-5H3. The first kappa shape index (κ1) is 29.9. The van der Waals surface area contributed by atoms with E-state index in [-0.39, 0.29) is 16.8 Å². The number of allylic oxidation sites excluding steroid dienone is 1. The Kier molecular flexibility index (Phi) is 8.04. The lowest BCUT2D eigenvalue weighted by molar-refractivity contribution is 0.0182. The van der Waals surface area contributed by atoms with E-state index in [1.165, 1.54) is 24.3 Å². The first-order chi connectivity index (χ1) is 20.4. The van der Waals surface area contributed by atoms with Crippen LogP contribution >= 0.6 is 0 Å². The molecule has 1 amide bonds. The number of carbonyl (C=O) groups excluding carboxylic acids is 2. The minimum Gasteiger partial charge on any atom is -0.507 e. The predicted molar refractivity (Wildman–Crippen MR) is 163 cm³/mol. The Bertz CT molecular complexity index is 1640. The molecule has 7 nitrogen and oxygen atoms in total. The van der Waals surface area contributed by atoms with Gasteiger partial charge < -0.3 is 19.6 Å². The summed E-state index contributed by atoms with van der Waals surface area (Å²) in [6.07, 6.45) is 1.95. The number of halogens is 2. The molecule has 2 aliphatic rings. The molecule has 9 heteroatoms. The van der Waals surface area contributed by atoms with Crippen LogP contribution in [-0.2, 0) is 16.0 Å². The number of aryl methyl sites for hydroxylation is 2. The fourth-order valence-corrected chi connectivity index (χ4v) is 5.68. The molecule has 0 spiro atoms. The third kappa shape index (κ3) is 5.73. The molecule has 5 rings (SSSR count). The quantitative estimate of drug-likeness (QED) is 0.333. The number of benzene rings is 3. The van der Waals surface area contributed by atoms with E-state index in [9.17, 15) is 19.1 Å². The van der Waals surface area contributed by atoms with Crippen LogP contribution in [0.3, 0.4) is 0 Å². The minimum absolute atomic E-state index is 0.132. The molecule has 0 saturated carbocycles. The number of rotatable bonds is 4. The largest absolute Gasteiger partial charge is 0.507 e. The smallest absolute Gasteiger partial charge is 0.410 e. The van der Waals surface area contributed by atoms with Gasteiger partial charge in [-0.1, -0.05) is 31.2 Å².